The predicted octanol–water partition coefficient (Wildman–Crippen LogP) is 0.674. The molecule has 0 spiro atoms. The van der Waals surface area contributed by atoms with Gasteiger partial charge >= 0.3 is 0 Å². The molecular weight excluding hydrogens is 270 g/mol. The van der Waals surface area contributed by atoms with Crippen molar-refractivity contribution in [3.05, 3.63) is 33.9 Å². The van der Waals surface area contributed by atoms with E-state index in [-0.39, 0.29) is 28.7 Å². The number of nitrogen functional groups attached to an aromatic ring is 1. The van der Waals surface area contributed by atoms with Crippen LogP contribution in [-0.2, 0) is 10.8 Å². The fourth-order valence-electron chi connectivity index (χ4n) is 1.32. The van der Waals surface area contributed by atoms with Crippen LogP contribution in [0.15, 0.2) is 18.2 Å². The van der Waals surface area contributed by atoms with E-state index in [2.05, 4.69) is 5.32 Å². The third-order valence-electron chi connectivity index (χ3n) is 2.60. The highest BCUT2D eigenvalue weighted by atomic mass is 32.2. The van der Waals surface area contributed by atoms with Crippen molar-refractivity contribution >= 4 is 28.1 Å². The van der Waals surface area contributed by atoms with Crippen LogP contribution in [0.25, 0.3) is 0 Å². The fourth-order valence-corrected chi connectivity index (χ4v) is 1.64. The third kappa shape index (κ3) is 4.02. The molecule has 0 fully saturated rings. The monoisotopic (exact) mass is 285 g/mol. The maximum absolute atomic E-state index is 11.8. The Bertz CT molecular complexity index is 533. The van der Waals surface area contributed by atoms with Crippen LogP contribution in [0.5, 0.6) is 0 Å². The molecule has 7 nitrogen and oxygen atoms in total. The van der Waals surface area contributed by atoms with E-state index in [0.717, 1.165) is 0 Å². The number of hydrogen-bond acceptors (Lipinski definition) is 5. The summed E-state index contributed by atoms with van der Waals surface area (Å²) >= 11 is 0. The Balaban J connectivity index is 2.76. The molecule has 104 valence electrons. The molecule has 3 N–H and O–H groups in total. The zero-order valence-corrected chi connectivity index (χ0v) is 11.4. The van der Waals surface area contributed by atoms with Gasteiger partial charge in [0.15, 0.2) is 0 Å². The van der Waals surface area contributed by atoms with E-state index in [0.29, 0.717) is 0 Å². The number of nitro groups is 1. The van der Waals surface area contributed by atoms with Gasteiger partial charge in [-0.05, 0) is 19.1 Å². The molecule has 0 aromatic heterocycles. The molecule has 0 saturated carbocycles. The van der Waals surface area contributed by atoms with E-state index in [1.807, 2.05) is 0 Å². The van der Waals surface area contributed by atoms with Crippen molar-refractivity contribution in [2.75, 3.05) is 18.5 Å². The number of benzene rings is 1. The van der Waals surface area contributed by atoms with Crippen molar-refractivity contribution in [1.82, 2.24) is 5.32 Å². The summed E-state index contributed by atoms with van der Waals surface area (Å²) in [6.07, 6.45) is 1.56. The zero-order chi connectivity index (χ0) is 14.6. The molecule has 1 amide bonds. The molecule has 0 saturated heterocycles. The summed E-state index contributed by atoms with van der Waals surface area (Å²) < 4.78 is 11.1. The predicted molar refractivity (Wildman–Crippen MR) is 73.4 cm³/mol. The number of nitro benzene ring substituents is 1. The number of nitrogens with zero attached hydrogens (tertiary/aromatic N) is 1. The first-order chi connectivity index (χ1) is 8.82. The van der Waals surface area contributed by atoms with E-state index >= 15 is 0 Å². The highest BCUT2D eigenvalue weighted by Crippen LogP contribution is 2.21. The van der Waals surface area contributed by atoms with E-state index in [1.54, 1.807) is 13.2 Å². The van der Waals surface area contributed by atoms with Crippen LogP contribution in [-0.4, -0.2) is 33.1 Å². The van der Waals surface area contributed by atoms with Crippen LogP contribution in [0, 0.1) is 10.1 Å². The molecule has 0 radical (unpaired) electrons. The van der Waals surface area contributed by atoms with E-state index in [4.69, 9.17) is 5.73 Å². The summed E-state index contributed by atoms with van der Waals surface area (Å²) in [5.74, 6) is -0.404. The lowest BCUT2D eigenvalue weighted by molar-refractivity contribution is -0.383. The lowest BCUT2D eigenvalue weighted by atomic mass is 10.1. The topological polar surface area (TPSA) is 115 Å². The number of amides is 1. The summed E-state index contributed by atoms with van der Waals surface area (Å²) in [7, 11) is -1.03. The molecule has 2 unspecified atom stereocenters. The number of carbonyl (C=O) groups excluding carboxylic acids is 1. The maximum atomic E-state index is 11.8. The first kappa shape index (κ1) is 15.1. The van der Waals surface area contributed by atoms with Crippen LogP contribution in [0.1, 0.15) is 17.3 Å². The number of nitrogens with one attached hydrogen (secondary N) is 1. The lowest BCUT2D eigenvalue weighted by Gasteiger charge is -2.10. The number of carbonyl (C=O) groups is 1. The van der Waals surface area contributed by atoms with Gasteiger partial charge in [0.1, 0.15) is 5.69 Å². The van der Waals surface area contributed by atoms with Crippen LogP contribution >= 0.6 is 0 Å². The van der Waals surface area contributed by atoms with Crippen molar-refractivity contribution in [1.29, 1.82) is 0 Å². The van der Waals surface area contributed by atoms with Gasteiger partial charge in [-0.25, -0.2) is 0 Å². The Morgan fingerprint density at radius 1 is 1.58 bits per heavy atom. The Morgan fingerprint density at radius 2 is 2.21 bits per heavy atom. The van der Waals surface area contributed by atoms with Crippen LogP contribution in [0.4, 0.5) is 11.4 Å². The zero-order valence-electron chi connectivity index (χ0n) is 10.6. The second kappa shape index (κ2) is 6.28. The molecule has 0 aliphatic carbocycles. The van der Waals surface area contributed by atoms with E-state index in [1.165, 1.54) is 18.2 Å². The molecule has 19 heavy (non-hydrogen) atoms. The second-order valence-electron chi connectivity index (χ2n) is 4.05. The van der Waals surface area contributed by atoms with Gasteiger partial charge in [-0.3, -0.25) is 19.1 Å². The molecule has 0 bridgehead atoms. The summed E-state index contributed by atoms with van der Waals surface area (Å²) in [4.78, 5) is 21.7. The molecule has 8 heteroatoms. The lowest BCUT2D eigenvalue weighted by Crippen LogP contribution is -2.32. The smallest absolute Gasteiger partial charge is 0.292 e. The minimum absolute atomic E-state index is 0.0650. The minimum atomic E-state index is -1.03. The van der Waals surface area contributed by atoms with Gasteiger partial charge in [-0.2, -0.15) is 0 Å². The number of anilines is 1. The molecule has 1 aromatic rings. The minimum Gasteiger partial charge on any atom is -0.393 e. The highest BCUT2D eigenvalue weighted by molar-refractivity contribution is 7.84. The van der Waals surface area contributed by atoms with Crippen molar-refractivity contribution < 1.29 is 13.9 Å². The summed E-state index contributed by atoms with van der Waals surface area (Å²) in [6, 6.07) is 3.77. The van der Waals surface area contributed by atoms with Gasteiger partial charge < -0.3 is 11.1 Å². The Hall–Kier alpha value is -1.96. The van der Waals surface area contributed by atoms with Gasteiger partial charge in [-0.1, -0.05) is 0 Å². The Kier molecular flexibility index (Phi) is 4.99. The van der Waals surface area contributed by atoms with Gasteiger partial charge in [0.05, 0.1) is 4.92 Å². The first-order valence-corrected chi connectivity index (χ1v) is 7.09. The molecule has 0 heterocycles. The number of rotatable bonds is 5. The van der Waals surface area contributed by atoms with Crippen molar-refractivity contribution in [3.8, 4) is 0 Å². The summed E-state index contributed by atoms with van der Waals surface area (Å²) in [6.45, 7) is 2.01. The van der Waals surface area contributed by atoms with Gasteiger partial charge in [0, 0.05) is 40.5 Å². The van der Waals surface area contributed by atoms with Gasteiger partial charge in [-0.15, -0.1) is 0 Å². The average Bonchev–Trinajstić information content (AvgIpc) is 2.34. The SMILES string of the molecule is CC(CNC(=O)c1ccc([N+](=O)[O-])c(N)c1)S(C)=O. The van der Waals surface area contributed by atoms with Crippen molar-refractivity contribution in [2.24, 2.45) is 0 Å². The van der Waals surface area contributed by atoms with Crippen molar-refractivity contribution in [2.45, 2.75) is 12.2 Å². The van der Waals surface area contributed by atoms with Crippen molar-refractivity contribution in [3.63, 3.8) is 0 Å². The fraction of sp³-hybridized carbons (Fsp3) is 0.364. The van der Waals surface area contributed by atoms with Crippen LogP contribution in [0.3, 0.4) is 0 Å². The quantitative estimate of drug-likeness (QED) is 0.469. The average molecular weight is 285 g/mol. The van der Waals surface area contributed by atoms with E-state index in [9.17, 15) is 19.1 Å². The summed E-state index contributed by atoms with van der Waals surface area (Å²) in [5.41, 5.74) is 5.43. The maximum Gasteiger partial charge on any atom is 0.292 e. The first-order valence-electron chi connectivity index (χ1n) is 5.47. The Morgan fingerprint density at radius 3 is 2.68 bits per heavy atom. The molecule has 0 aliphatic heterocycles. The third-order valence-corrected chi connectivity index (χ3v) is 3.90. The normalized spacial score (nSPS) is 13.6. The number of nitrogens with two attached hydrogens (primary N) is 1. The molecule has 0 aliphatic rings. The van der Waals surface area contributed by atoms with Gasteiger partial charge in [0.2, 0.25) is 0 Å². The highest BCUT2D eigenvalue weighted by Gasteiger charge is 2.15. The molecule has 1 aromatic carbocycles. The van der Waals surface area contributed by atoms with Crippen LogP contribution in [0.2, 0.25) is 0 Å². The van der Waals surface area contributed by atoms with E-state index < -0.39 is 21.6 Å². The standard InChI is InChI=1S/C11H15N3O4S/c1-7(19(2)18)6-13-11(15)8-3-4-10(14(16)17)9(12)5-8/h3-5,7H,6,12H2,1-2H3,(H,13,15). The Labute approximate surface area is 112 Å². The number of hydrogen-bond donors (Lipinski definition) is 2. The van der Waals surface area contributed by atoms with Gasteiger partial charge in [0.25, 0.3) is 11.6 Å². The second-order valence-corrected chi connectivity index (χ2v) is 5.85. The molecule has 1 rings (SSSR count). The molecular formula is C11H15N3O4S. The largest absolute Gasteiger partial charge is 0.393 e. The van der Waals surface area contributed by atoms with Crippen LogP contribution < -0.4 is 11.1 Å². The summed E-state index contributed by atoms with van der Waals surface area (Å²) in [5, 5.41) is 13.0. The molecule has 2 atom stereocenters.